The minimum atomic E-state index is -2.06. The molecule has 6 heteroatoms. The fourth-order valence-corrected chi connectivity index (χ4v) is 4.55. The van der Waals surface area contributed by atoms with E-state index in [-0.39, 0.29) is 5.91 Å². The summed E-state index contributed by atoms with van der Waals surface area (Å²) in [5.41, 5.74) is 1.88. The Hall–Kier alpha value is -2.21. The van der Waals surface area contributed by atoms with E-state index >= 15 is 0 Å². The standard InChI is InChI=1S/C16H17N3O2S/c20-16(13-4-3-9-17-12-13)18-14-5-7-15(8-6-14)19-22(21)10-1-2-11-22/h3-9,12H,1-2,10-11H2,(H,18,20). The van der Waals surface area contributed by atoms with Crippen LogP contribution in [0.3, 0.4) is 0 Å². The molecule has 1 fully saturated rings. The number of carbonyl (C=O) groups is 1. The zero-order valence-electron chi connectivity index (χ0n) is 12.1. The van der Waals surface area contributed by atoms with Crippen molar-refractivity contribution < 1.29 is 9.00 Å². The van der Waals surface area contributed by atoms with Crippen LogP contribution in [0.2, 0.25) is 0 Å². The Morgan fingerprint density at radius 2 is 1.86 bits per heavy atom. The van der Waals surface area contributed by atoms with Gasteiger partial charge in [-0.1, -0.05) is 0 Å². The number of nitrogens with one attached hydrogen (secondary N) is 1. The van der Waals surface area contributed by atoms with Gasteiger partial charge in [-0.25, -0.2) is 4.21 Å². The third kappa shape index (κ3) is 3.51. The molecule has 0 bridgehead atoms. The Kier molecular flexibility index (Phi) is 4.20. The largest absolute Gasteiger partial charge is 0.322 e. The van der Waals surface area contributed by atoms with Crippen LogP contribution >= 0.6 is 0 Å². The molecule has 0 saturated carbocycles. The smallest absolute Gasteiger partial charge is 0.257 e. The highest BCUT2D eigenvalue weighted by atomic mass is 32.2. The predicted octanol–water partition coefficient (Wildman–Crippen LogP) is 3.23. The molecular weight excluding hydrogens is 298 g/mol. The Labute approximate surface area is 130 Å². The molecular formula is C16H17N3O2S. The van der Waals surface area contributed by atoms with Crippen molar-refractivity contribution in [3.8, 4) is 0 Å². The first-order chi connectivity index (χ1) is 10.6. The van der Waals surface area contributed by atoms with E-state index in [4.69, 9.17) is 0 Å². The Bertz CT molecular complexity index is 767. The lowest BCUT2D eigenvalue weighted by atomic mass is 10.2. The van der Waals surface area contributed by atoms with Gasteiger partial charge < -0.3 is 5.32 Å². The highest BCUT2D eigenvalue weighted by molar-refractivity contribution is 7.93. The summed E-state index contributed by atoms with van der Waals surface area (Å²) in [7, 11) is -2.06. The van der Waals surface area contributed by atoms with Crippen LogP contribution in [0.15, 0.2) is 53.2 Å². The first-order valence-corrected chi connectivity index (χ1v) is 9.04. The number of rotatable bonds is 3. The average molecular weight is 315 g/mol. The molecule has 0 aliphatic carbocycles. The van der Waals surface area contributed by atoms with Crippen molar-refractivity contribution in [2.75, 3.05) is 16.8 Å². The van der Waals surface area contributed by atoms with Gasteiger partial charge in [-0.05, 0) is 49.2 Å². The summed E-state index contributed by atoms with van der Waals surface area (Å²) >= 11 is 0. The van der Waals surface area contributed by atoms with Gasteiger partial charge in [0.15, 0.2) is 0 Å². The van der Waals surface area contributed by atoms with Crippen molar-refractivity contribution in [1.82, 2.24) is 4.98 Å². The SMILES string of the molecule is O=C(Nc1ccc(N=S2(=O)CCCC2)cc1)c1cccnc1. The number of carbonyl (C=O) groups excluding carboxylic acids is 1. The van der Waals surface area contributed by atoms with E-state index in [1.165, 1.54) is 6.20 Å². The second kappa shape index (κ2) is 6.27. The third-order valence-electron chi connectivity index (χ3n) is 3.50. The van der Waals surface area contributed by atoms with Crippen molar-refractivity contribution in [3.05, 3.63) is 54.4 Å². The molecule has 5 nitrogen and oxygen atoms in total. The molecule has 1 aromatic heterocycles. The second-order valence-electron chi connectivity index (χ2n) is 5.22. The van der Waals surface area contributed by atoms with Crippen LogP contribution in [0.4, 0.5) is 11.4 Å². The molecule has 1 N–H and O–H groups in total. The van der Waals surface area contributed by atoms with Crippen LogP contribution in [0.1, 0.15) is 23.2 Å². The first-order valence-electron chi connectivity index (χ1n) is 7.19. The molecule has 2 heterocycles. The molecule has 3 rings (SSSR count). The molecule has 0 radical (unpaired) electrons. The molecule has 0 unspecified atom stereocenters. The van der Waals surface area contributed by atoms with Crippen LogP contribution in [0.25, 0.3) is 0 Å². The van der Waals surface area contributed by atoms with Crippen LogP contribution in [-0.2, 0) is 9.73 Å². The maximum atomic E-state index is 12.4. The van der Waals surface area contributed by atoms with Gasteiger partial charge in [0.1, 0.15) is 0 Å². The molecule has 1 aliphatic heterocycles. The Morgan fingerprint density at radius 3 is 2.50 bits per heavy atom. The maximum Gasteiger partial charge on any atom is 0.257 e. The van der Waals surface area contributed by atoms with Crippen LogP contribution < -0.4 is 5.32 Å². The summed E-state index contributed by atoms with van der Waals surface area (Å²) in [5.74, 6) is 1.17. The summed E-state index contributed by atoms with van der Waals surface area (Å²) in [5, 5.41) is 2.80. The molecule has 2 aromatic rings. The normalized spacial score (nSPS) is 16.2. The summed E-state index contributed by atoms with van der Waals surface area (Å²) in [6, 6.07) is 10.5. The van der Waals surface area contributed by atoms with Crippen LogP contribution in [-0.4, -0.2) is 26.6 Å². The molecule has 0 atom stereocenters. The fourth-order valence-electron chi connectivity index (χ4n) is 2.35. The molecule has 0 spiro atoms. The zero-order chi connectivity index (χ0) is 15.4. The van der Waals surface area contributed by atoms with E-state index in [0.29, 0.717) is 28.4 Å². The number of aromatic nitrogens is 1. The average Bonchev–Trinajstić information content (AvgIpc) is 2.96. The van der Waals surface area contributed by atoms with Crippen LogP contribution in [0.5, 0.6) is 0 Å². The summed E-state index contributed by atoms with van der Waals surface area (Å²) in [6.45, 7) is 0. The summed E-state index contributed by atoms with van der Waals surface area (Å²) < 4.78 is 16.7. The lowest BCUT2D eigenvalue weighted by Gasteiger charge is -2.06. The number of benzene rings is 1. The third-order valence-corrected chi connectivity index (χ3v) is 5.89. The topological polar surface area (TPSA) is 71.4 Å². The van der Waals surface area contributed by atoms with Gasteiger partial charge in [-0.15, -0.1) is 0 Å². The van der Waals surface area contributed by atoms with Gasteiger partial charge in [0, 0.05) is 29.6 Å². The number of nitrogens with zero attached hydrogens (tertiary/aromatic N) is 2. The van der Waals surface area contributed by atoms with E-state index in [9.17, 15) is 9.00 Å². The van der Waals surface area contributed by atoms with E-state index in [1.54, 1.807) is 42.6 Å². The van der Waals surface area contributed by atoms with Crippen molar-refractivity contribution in [1.29, 1.82) is 0 Å². The molecule has 1 aliphatic rings. The van der Waals surface area contributed by atoms with Gasteiger partial charge in [-0.3, -0.25) is 9.78 Å². The number of pyridine rings is 1. The van der Waals surface area contributed by atoms with Crippen molar-refractivity contribution in [2.24, 2.45) is 4.36 Å². The van der Waals surface area contributed by atoms with E-state index in [1.807, 2.05) is 0 Å². The van der Waals surface area contributed by atoms with E-state index in [0.717, 1.165) is 12.8 Å². The van der Waals surface area contributed by atoms with Crippen molar-refractivity contribution in [3.63, 3.8) is 0 Å². The van der Waals surface area contributed by atoms with Gasteiger partial charge in [-0.2, -0.15) is 4.36 Å². The van der Waals surface area contributed by atoms with Crippen molar-refractivity contribution in [2.45, 2.75) is 12.8 Å². The highest BCUT2D eigenvalue weighted by Gasteiger charge is 2.16. The highest BCUT2D eigenvalue weighted by Crippen LogP contribution is 2.22. The van der Waals surface area contributed by atoms with Crippen LogP contribution in [0, 0.1) is 0 Å². The Balaban J connectivity index is 1.72. The first kappa shape index (κ1) is 14.7. The lowest BCUT2D eigenvalue weighted by molar-refractivity contribution is 0.102. The van der Waals surface area contributed by atoms with Gasteiger partial charge in [0.05, 0.1) is 21.0 Å². The second-order valence-corrected chi connectivity index (χ2v) is 7.77. The molecule has 22 heavy (non-hydrogen) atoms. The lowest BCUT2D eigenvalue weighted by Crippen LogP contribution is -2.11. The molecule has 1 saturated heterocycles. The molecule has 1 amide bonds. The Morgan fingerprint density at radius 1 is 1.14 bits per heavy atom. The van der Waals surface area contributed by atoms with Gasteiger partial charge in [0.25, 0.3) is 5.91 Å². The quantitative estimate of drug-likeness (QED) is 0.945. The summed E-state index contributed by atoms with van der Waals surface area (Å²) in [6.07, 6.45) is 5.12. The minimum Gasteiger partial charge on any atom is -0.322 e. The molecule has 1 aromatic carbocycles. The number of hydrogen-bond donors (Lipinski definition) is 1. The molecule has 114 valence electrons. The maximum absolute atomic E-state index is 12.4. The monoisotopic (exact) mass is 315 g/mol. The van der Waals surface area contributed by atoms with E-state index in [2.05, 4.69) is 14.7 Å². The number of anilines is 1. The minimum absolute atomic E-state index is 0.209. The van der Waals surface area contributed by atoms with E-state index < -0.39 is 9.73 Å². The number of hydrogen-bond acceptors (Lipinski definition) is 4. The fraction of sp³-hybridized carbons (Fsp3) is 0.250. The summed E-state index contributed by atoms with van der Waals surface area (Å²) in [4.78, 5) is 15.9. The van der Waals surface area contributed by atoms with Gasteiger partial charge >= 0.3 is 0 Å². The number of amides is 1. The van der Waals surface area contributed by atoms with Gasteiger partial charge in [0.2, 0.25) is 0 Å². The van der Waals surface area contributed by atoms with Crippen molar-refractivity contribution >= 4 is 27.0 Å². The zero-order valence-corrected chi connectivity index (χ0v) is 12.9. The predicted molar refractivity (Wildman–Crippen MR) is 87.8 cm³/mol.